The number of sulfonamides is 1. The number of hydrazine groups is 1. The van der Waals surface area contributed by atoms with Gasteiger partial charge in [-0.1, -0.05) is 36.4 Å². The fourth-order valence-electron chi connectivity index (χ4n) is 4.25. The van der Waals surface area contributed by atoms with Crippen molar-refractivity contribution in [3.8, 4) is 0 Å². The largest absolute Gasteiger partial charge is 0.433 e. The van der Waals surface area contributed by atoms with E-state index in [4.69, 9.17) is 5.41 Å². The third kappa shape index (κ3) is 5.18. The van der Waals surface area contributed by atoms with E-state index < -0.39 is 50.5 Å². The van der Waals surface area contributed by atoms with Gasteiger partial charge in [-0.2, -0.15) is 26.3 Å². The standard InChI is InChI=1S/C24H20F6N4O2S/c1-15(31)33-14-20(16-5-3-2-4-6-16)22(17-7-12-21(32-13-17)24(28,29)30)34(33)37(35,36)19-10-8-18(9-11-19)23(25,26)27/h2-13,20,22,31H,14H2,1H3. The van der Waals surface area contributed by atoms with E-state index in [0.717, 1.165) is 39.9 Å². The number of aromatic nitrogens is 1. The summed E-state index contributed by atoms with van der Waals surface area (Å²) in [4.78, 5) is 3.01. The molecule has 1 N–H and O–H groups in total. The Morgan fingerprint density at radius 3 is 2.00 bits per heavy atom. The molecule has 0 radical (unpaired) electrons. The highest BCUT2D eigenvalue weighted by atomic mass is 32.2. The summed E-state index contributed by atoms with van der Waals surface area (Å²) in [6.45, 7) is 1.32. The molecular formula is C24H20F6N4O2S. The van der Waals surface area contributed by atoms with E-state index in [1.54, 1.807) is 30.3 Å². The van der Waals surface area contributed by atoms with E-state index >= 15 is 0 Å². The maximum absolute atomic E-state index is 13.8. The molecule has 0 amide bonds. The molecule has 2 atom stereocenters. The highest BCUT2D eigenvalue weighted by molar-refractivity contribution is 7.89. The van der Waals surface area contributed by atoms with Crippen molar-refractivity contribution in [3.63, 3.8) is 0 Å². The molecule has 1 aliphatic heterocycles. The van der Waals surface area contributed by atoms with Gasteiger partial charge < -0.3 is 0 Å². The Hall–Kier alpha value is -3.45. The molecule has 1 aliphatic rings. The Kier molecular flexibility index (Phi) is 6.80. The van der Waals surface area contributed by atoms with Gasteiger partial charge in [0.25, 0.3) is 10.0 Å². The molecular weight excluding hydrogens is 522 g/mol. The smallest absolute Gasteiger partial charge is 0.288 e. The molecule has 13 heteroatoms. The third-order valence-corrected chi connectivity index (χ3v) is 7.77. The van der Waals surface area contributed by atoms with Gasteiger partial charge in [-0.05, 0) is 48.4 Å². The van der Waals surface area contributed by atoms with Crippen LogP contribution < -0.4 is 0 Å². The quantitative estimate of drug-likeness (QED) is 0.255. The van der Waals surface area contributed by atoms with Crippen LogP contribution >= 0.6 is 0 Å². The molecule has 2 unspecified atom stereocenters. The number of rotatable bonds is 4. The van der Waals surface area contributed by atoms with Gasteiger partial charge in [-0.15, -0.1) is 4.41 Å². The predicted molar refractivity (Wildman–Crippen MR) is 122 cm³/mol. The van der Waals surface area contributed by atoms with E-state index in [1.807, 2.05) is 0 Å². The summed E-state index contributed by atoms with van der Waals surface area (Å²) in [6.07, 6.45) is -8.46. The van der Waals surface area contributed by atoms with Crippen LogP contribution in [0.3, 0.4) is 0 Å². The number of amidine groups is 1. The van der Waals surface area contributed by atoms with Crippen molar-refractivity contribution < 1.29 is 34.8 Å². The van der Waals surface area contributed by atoms with Gasteiger partial charge in [0.15, 0.2) is 0 Å². The zero-order valence-electron chi connectivity index (χ0n) is 19.1. The highest BCUT2D eigenvalue weighted by Gasteiger charge is 2.49. The van der Waals surface area contributed by atoms with E-state index in [9.17, 15) is 34.8 Å². The van der Waals surface area contributed by atoms with Crippen molar-refractivity contribution >= 4 is 15.9 Å². The zero-order chi connectivity index (χ0) is 27.2. The molecule has 3 aromatic rings. The van der Waals surface area contributed by atoms with Crippen LogP contribution in [-0.2, 0) is 22.4 Å². The van der Waals surface area contributed by atoms with Gasteiger partial charge >= 0.3 is 12.4 Å². The lowest BCUT2D eigenvalue weighted by Crippen LogP contribution is -2.44. The van der Waals surface area contributed by atoms with E-state index in [2.05, 4.69) is 4.98 Å². The van der Waals surface area contributed by atoms with Gasteiger partial charge in [-0.25, -0.2) is 8.42 Å². The van der Waals surface area contributed by atoms with Crippen LogP contribution in [0.2, 0.25) is 0 Å². The monoisotopic (exact) mass is 542 g/mol. The van der Waals surface area contributed by atoms with Gasteiger partial charge in [-0.3, -0.25) is 15.4 Å². The molecule has 0 aliphatic carbocycles. The summed E-state index contributed by atoms with van der Waals surface area (Å²) in [7, 11) is -4.57. The molecule has 37 heavy (non-hydrogen) atoms. The summed E-state index contributed by atoms with van der Waals surface area (Å²) in [5.41, 5.74) is -1.42. The van der Waals surface area contributed by atoms with Gasteiger partial charge in [0.1, 0.15) is 11.5 Å². The molecule has 1 aromatic heterocycles. The second kappa shape index (κ2) is 9.45. The minimum atomic E-state index is -4.71. The van der Waals surface area contributed by atoms with Crippen molar-refractivity contribution in [2.75, 3.05) is 6.54 Å². The molecule has 4 rings (SSSR count). The van der Waals surface area contributed by atoms with Crippen molar-refractivity contribution in [3.05, 3.63) is 95.3 Å². The van der Waals surface area contributed by atoms with Crippen LogP contribution in [0, 0.1) is 5.41 Å². The van der Waals surface area contributed by atoms with E-state index in [1.165, 1.54) is 6.92 Å². The van der Waals surface area contributed by atoms with Crippen molar-refractivity contribution in [2.24, 2.45) is 0 Å². The Bertz CT molecular complexity index is 1380. The topological polar surface area (TPSA) is 77.4 Å². The Balaban J connectivity index is 1.87. The fraction of sp³-hybridized carbons (Fsp3) is 0.250. The van der Waals surface area contributed by atoms with Crippen LogP contribution in [0.4, 0.5) is 26.3 Å². The SMILES string of the molecule is CC(=N)N1CC(c2ccccc2)C(c2ccc(C(F)(F)F)nc2)N1S(=O)(=O)c1ccc(C(F)(F)F)cc1. The summed E-state index contributed by atoms with van der Waals surface area (Å²) < 4.78 is 107. The molecule has 0 bridgehead atoms. The first-order chi connectivity index (χ1) is 17.2. The third-order valence-electron chi connectivity index (χ3n) is 5.99. The van der Waals surface area contributed by atoms with Crippen LogP contribution in [0.15, 0.2) is 77.8 Å². The number of alkyl halides is 6. The first-order valence-electron chi connectivity index (χ1n) is 10.8. The van der Waals surface area contributed by atoms with Crippen LogP contribution in [0.5, 0.6) is 0 Å². The number of nitrogens with one attached hydrogen (secondary N) is 1. The van der Waals surface area contributed by atoms with Crippen molar-refractivity contribution in [1.29, 1.82) is 5.41 Å². The van der Waals surface area contributed by atoms with Gasteiger partial charge in [0.2, 0.25) is 0 Å². The number of halogens is 6. The fourth-order valence-corrected chi connectivity index (χ4v) is 5.97. The molecule has 1 fully saturated rings. The summed E-state index contributed by atoms with van der Waals surface area (Å²) in [6, 6.07) is 12.2. The highest BCUT2D eigenvalue weighted by Crippen LogP contribution is 2.46. The number of hydrogen-bond donors (Lipinski definition) is 1. The second-order valence-electron chi connectivity index (χ2n) is 8.40. The molecule has 0 spiro atoms. The summed E-state index contributed by atoms with van der Waals surface area (Å²) in [5.74, 6) is -0.817. The van der Waals surface area contributed by atoms with E-state index in [0.29, 0.717) is 17.7 Å². The molecule has 1 saturated heterocycles. The summed E-state index contributed by atoms with van der Waals surface area (Å²) in [5, 5.41) is 9.35. The van der Waals surface area contributed by atoms with Gasteiger partial charge in [0, 0.05) is 18.7 Å². The van der Waals surface area contributed by atoms with Gasteiger partial charge in [0.05, 0.1) is 16.5 Å². The average molecular weight is 543 g/mol. The molecule has 2 heterocycles. The van der Waals surface area contributed by atoms with Crippen LogP contribution in [0.25, 0.3) is 0 Å². The van der Waals surface area contributed by atoms with Crippen LogP contribution in [-0.4, -0.2) is 35.2 Å². The molecule has 2 aromatic carbocycles. The Labute approximate surface area is 208 Å². The first-order valence-corrected chi connectivity index (χ1v) is 12.3. The van der Waals surface area contributed by atoms with E-state index in [-0.39, 0.29) is 17.9 Å². The molecule has 196 valence electrons. The lowest BCUT2D eigenvalue weighted by Gasteiger charge is -2.32. The van der Waals surface area contributed by atoms with Crippen LogP contribution in [0.1, 0.15) is 41.3 Å². The Morgan fingerprint density at radius 1 is 0.892 bits per heavy atom. The molecule has 6 nitrogen and oxygen atoms in total. The number of nitrogens with zero attached hydrogens (tertiary/aromatic N) is 3. The normalized spacial score (nSPS) is 19.3. The maximum Gasteiger partial charge on any atom is 0.433 e. The average Bonchev–Trinajstić information content (AvgIpc) is 3.26. The van der Waals surface area contributed by atoms with Crippen molar-refractivity contribution in [2.45, 2.75) is 36.1 Å². The lowest BCUT2D eigenvalue weighted by atomic mass is 9.89. The number of pyridine rings is 1. The second-order valence-corrected chi connectivity index (χ2v) is 10.2. The minimum absolute atomic E-state index is 0.0229. The number of hydrogen-bond acceptors (Lipinski definition) is 4. The summed E-state index contributed by atoms with van der Waals surface area (Å²) >= 11 is 0. The number of benzene rings is 2. The maximum atomic E-state index is 13.8. The Morgan fingerprint density at radius 2 is 1.51 bits per heavy atom. The van der Waals surface area contributed by atoms with Crippen molar-refractivity contribution in [1.82, 2.24) is 14.4 Å². The molecule has 0 saturated carbocycles. The first kappa shape index (κ1) is 26.6. The minimum Gasteiger partial charge on any atom is -0.288 e. The lowest BCUT2D eigenvalue weighted by molar-refractivity contribution is -0.141. The predicted octanol–water partition coefficient (Wildman–Crippen LogP) is 5.86. The zero-order valence-corrected chi connectivity index (χ0v) is 19.9.